The molecule has 2 bridgehead atoms. The van der Waals surface area contributed by atoms with Gasteiger partial charge in [-0.3, -0.25) is 15.0 Å². The number of hydrogen-bond donors (Lipinski definition) is 1. The van der Waals surface area contributed by atoms with Gasteiger partial charge in [-0.1, -0.05) is 34.1 Å². The molecule has 0 aromatic heterocycles. The Bertz CT molecular complexity index is 835. The van der Waals surface area contributed by atoms with Crippen LogP contribution in [0.4, 0.5) is 11.4 Å². The number of thioether (sulfide) groups is 1. The lowest BCUT2D eigenvalue weighted by molar-refractivity contribution is -0.387. The Morgan fingerprint density at radius 2 is 2.00 bits per heavy atom. The van der Waals surface area contributed by atoms with Crippen molar-refractivity contribution in [3.8, 4) is 0 Å². The molecule has 5 nitrogen and oxygen atoms in total. The molecule has 4 unspecified atom stereocenters. The number of nitrogens with one attached hydrogen (secondary N) is 1. The average Bonchev–Trinajstić information content (AvgIpc) is 2.91. The summed E-state index contributed by atoms with van der Waals surface area (Å²) in [6.45, 7) is 0. The number of nitro groups is 1. The minimum atomic E-state index is -0.281. The van der Waals surface area contributed by atoms with Gasteiger partial charge in [0, 0.05) is 39.6 Å². The van der Waals surface area contributed by atoms with Crippen LogP contribution in [0.5, 0.6) is 0 Å². The van der Waals surface area contributed by atoms with Gasteiger partial charge < -0.3 is 5.32 Å². The third kappa shape index (κ3) is 3.86. The van der Waals surface area contributed by atoms with Crippen LogP contribution in [0.2, 0.25) is 0 Å². The zero-order valence-corrected chi connectivity index (χ0v) is 17.4. The van der Waals surface area contributed by atoms with Crippen LogP contribution in [-0.2, 0) is 0 Å². The van der Waals surface area contributed by atoms with Gasteiger partial charge in [0.05, 0.1) is 9.82 Å². The minimum absolute atomic E-state index is 0.176. The molecule has 0 radical (unpaired) electrons. The van der Waals surface area contributed by atoms with Crippen molar-refractivity contribution in [1.82, 2.24) is 4.90 Å². The van der Waals surface area contributed by atoms with Crippen LogP contribution in [0.25, 0.3) is 0 Å². The molecular weight excluding hydrogens is 426 g/mol. The Kier molecular flexibility index (Phi) is 5.43. The molecule has 2 aromatic carbocycles. The molecule has 0 amide bonds. The highest BCUT2D eigenvalue weighted by atomic mass is 79.9. The lowest BCUT2D eigenvalue weighted by atomic mass is 9.97. The number of para-hydroxylation sites is 1. The van der Waals surface area contributed by atoms with E-state index in [-0.39, 0.29) is 21.9 Å². The van der Waals surface area contributed by atoms with E-state index in [4.69, 9.17) is 0 Å². The summed E-state index contributed by atoms with van der Waals surface area (Å²) in [4.78, 5) is 14.5. The van der Waals surface area contributed by atoms with Gasteiger partial charge in [0.25, 0.3) is 5.69 Å². The molecule has 1 N–H and O–H groups in total. The third-order valence-corrected chi connectivity index (χ3v) is 7.71. The van der Waals surface area contributed by atoms with E-state index in [1.807, 2.05) is 30.3 Å². The van der Waals surface area contributed by atoms with Gasteiger partial charge in [-0.05, 0) is 50.6 Å². The maximum absolute atomic E-state index is 11.6. The number of nitro benzene ring substituents is 1. The van der Waals surface area contributed by atoms with Gasteiger partial charge in [0.1, 0.15) is 0 Å². The van der Waals surface area contributed by atoms with Crippen molar-refractivity contribution in [2.75, 3.05) is 12.4 Å². The van der Waals surface area contributed by atoms with Crippen molar-refractivity contribution in [3.05, 3.63) is 63.1 Å². The van der Waals surface area contributed by atoms with Gasteiger partial charge >= 0.3 is 0 Å². The first-order chi connectivity index (χ1) is 13.0. The zero-order chi connectivity index (χ0) is 19.0. The Morgan fingerprint density at radius 3 is 2.74 bits per heavy atom. The van der Waals surface area contributed by atoms with Crippen molar-refractivity contribution in [2.24, 2.45) is 0 Å². The molecule has 0 aliphatic carbocycles. The number of benzene rings is 2. The first kappa shape index (κ1) is 18.8. The predicted molar refractivity (Wildman–Crippen MR) is 113 cm³/mol. The largest absolute Gasteiger partial charge is 0.381 e. The van der Waals surface area contributed by atoms with Crippen LogP contribution in [0.1, 0.15) is 19.3 Å². The fourth-order valence-corrected chi connectivity index (χ4v) is 6.22. The van der Waals surface area contributed by atoms with Crippen molar-refractivity contribution in [2.45, 2.75) is 47.5 Å². The molecule has 7 heteroatoms. The van der Waals surface area contributed by atoms with E-state index in [9.17, 15) is 10.1 Å². The molecule has 4 atom stereocenters. The monoisotopic (exact) mass is 447 g/mol. The number of fused-ring (bicyclic) bond motifs is 2. The highest BCUT2D eigenvalue weighted by Gasteiger charge is 2.46. The number of piperidine rings is 1. The number of anilines is 1. The molecule has 2 saturated heterocycles. The van der Waals surface area contributed by atoms with Crippen LogP contribution >= 0.6 is 27.7 Å². The van der Waals surface area contributed by atoms with Crippen LogP contribution in [0.3, 0.4) is 0 Å². The fourth-order valence-electron chi connectivity index (χ4n) is 4.35. The summed E-state index contributed by atoms with van der Waals surface area (Å²) in [5.74, 6) is 0. The van der Waals surface area contributed by atoms with Crippen molar-refractivity contribution in [1.29, 1.82) is 0 Å². The molecular formula is C20H22BrN3O2S. The topological polar surface area (TPSA) is 58.4 Å². The van der Waals surface area contributed by atoms with Gasteiger partial charge in [0.2, 0.25) is 0 Å². The summed E-state index contributed by atoms with van der Waals surface area (Å²) < 4.78 is 0.735. The van der Waals surface area contributed by atoms with E-state index in [1.165, 1.54) is 6.42 Å². The summed E-state index contributed by atoms with van der Waals surface area (Å²) in [6.07, 6.45) is 3.41. The van der Waals surface area contributed by atoms with Gasteiger partial charge in [0.15, 0.2) is 0 Å². The van der Waals surface area contributed by atoms with Crippen molar-refractivity contribution in [3.63, 3.8) is 0 Å². The molecule has 2 heterocycles. The molecule has 27 heavy (non-hydrogen) atoms. The van der Waals surface area contributed by atoms with Gasteiger partial charge in [-0.25, -0.2) is 0 Å². The lowest BCUT2D eigenvalue weighted by Gasteiger charge is -2.43. The highest BCUT2D eigenvalue weighted by Crippen LogP contribution is 2.45. The number of nitrogens with zero attached hydrogens (tertiary/aromatic N) is 2. The smallest absolute Gasteiger partial charge is 0.284 e. The van der Waals surface area contributed by atoms with E-state index in [0.29, 0.717) is 12.1 Å². The van der Waals surface area contributed by atoms with Crippen molar-refractivity contribution < 1.29 is 4.92 Å². The maximum atomic E-state index is 11.6. The molecule has 2 fully saturated rings. The quantitative estimate of drug-likeness (QED) is 0.506. The Balaban J connectivity index is 1.64. The SMILES string of the molecule is CN1C2CCC1C(Sc1ccc(Br)cc1[N+](=O)[O-])C(Nc1ccccc1)C2. The Morgan fingerprint density at radius 1 is 1.22 bits per heavy atom. The molecule has 2 aromatic rings. The molecule has 2 aliphatic rings. The maximum Gasteiger partial charge on any atom is 0.284 e. The zero-order valence-electron chi connectivity index (χ0n) is 15.0. The van der Waals surface area contributed by atoms with Crippen LogP contribution in [-0.4, -0.2) is 40.2 Å². The lowest BCUT2D eigenvalue weighted by Crippen LogP contribution is -2.53. The summed E-state index contributed by atoms with van der Waals surface area (Å²) in [7, 11) is 2.20. The molecule has 0 saturated carbocycles. The Labute approximate surface area is 171 Å². The van der Waals surface area contributed by atoms with E-state index in [2.05, 4.69) is 45.3 Å². The van der Waals surface area contributed by atoms with Crippen molar-refractivity contribution >= 4 is 39.1 Å². The molecule has 142 valence electrons. The highest BCUT2D eigenvalue weighted by molar-refractivity contribution is 9.10. The standard InChI is InChI=1S/C20H22BrN3O2S/c1-23-15-8-9-17(23)20(16(12-15)22-14-5-3-2-4-6-14)27-19-10-7-13(21)11-18(19)24(25)26/h2-7,10-11,15-17,20,22H,8-9,12H2,1H3. The normalized spacial score (nSPS) is 27.5. The molecule has 0 spiro atoms. The van der Waals surface area contributed by atoms with E-state index in [1.54, 1.807) is 17.8 Å². The van der Waals surface area contributed by atoms with Crippen LogP contribution in [0.15, 0.2) is 57.9 Å². The second-order valence-electron chi connectivity index (χ2n) is 7.27. The number of rotatable bonds is 5. The second kappa shape index (κ2) is 7.81. The van der Waals surface area contributed by atoms with E-state index in [0.717, 1.165) is 27.9 Å². The fraction of sp³-hybridized carbons (Fsp3) is 0.400. The van der Waals surface area contributed by atoms with E-state index >= 15 is 0 Å². The minimum Gasteiger partial charge on any atom is -0.381 e. The summed E-state index contributed by atoms with van der Waals surface area (Å²) in [6, 6.07) is 16.9. The summed E-state index contributed by atoms with van der Waals surface area (Å²) in [5.41, 5.74) is 1.29. The second-order valence-corrected chi connectivity index (χ2v) is 9.40. The first-order valence-electron chi connectivity index (χ1n) is 9.17. The van der Waals surface area contributed by atoms with E-state index < -0.39 is 0 Å². The molecule has 2 aliphatic heterocycles. The van der Waals surface area contributed by atoms with Crippen LogP contribution in [0, 0.1) is 10.1 Å². The van der Waals surface area contributed by atoms with Gasteiger partial charge in [-0.2, -0.15) is 0 Å². The average molecular weight is 448 g/mol. The van der Waals surface area contributed by atoms with Gasteiger partial charge in [-0.15, -0.1) is 11.8 Å². The number of hydrogen-bond acceptors (Lipinski definition) is 5. The van der Waals surface area contributed by atoms with Crippen LogP contribution < -0.4 is 5.32 Å². The summed E-state index contributed by atoms with van der Waals surface area (Å²) in [5, 5.41) is 15.5. The third-order valence-electron chi connectivity index (χ3n) is 5.70. The molecule has 4 rings (SSSR count). The first-order valence-corrected chi connectivity index (χ1v) is 10.8. The Hall–Kier alpha value is -1.57. The number of halogens is 1. The predicted octanol–water partition coefficient (Wildman–Crippen LogP) is 5.17. The summed E-state index contributed by atoms with van der Waals surface area (Å²) >= 11 is 5.01.